The number of ether oxygens (including phenoxy) is 1. The molecule has 1 rings (SSSR count). The van der Waals surface area contributed by atoms with Crippen LogP contribution in [0.4, 0.5) is 0 Å². The lowest BCUT2D eigenvalue weighted by molar-refractivity contribution is -0.0400. The van der Waals surface area contributed by atoms with Crippen molar-refractivity contribution >= 4 is 0 Å². The normalized spacial score (nSPS) is 25.7. The Balaban J connectivity index is 2.22. The summed E-state index contributed by atoms with van der Waals surface area (Å²) < 4.78 is 6.18. The average molecular weight is 255 g/mol. The molecule has 0 aromatic heterocycles. The molecule has 0 heterocycles. The Morgan fingerprint density at radius 2 is 1.89 bits per heavy atom. The van der Waals surface area contributed by atoms with Gasteiger partial charge in [0.05, 0.1) is 12.7 Å². The topological polar surface area (TPSA) is 21.3 Å². The summed E-state index contributed by atoms with van der Waals surface area (Å²) in [4.78, 5) is 0. The summed E-state index contributed by atoms with van der Waals surface area (Å²) in [6, 6.07) is 0. The van der Waals surface area contributed by atoms with Crippen LogP contribution in [0.25, 0.3) is 0 Å². The Kier molecular flexibility index (Phi) is 6.65. The highest BCUT2D eigenvalue weighted by atomic mass is 16.5. The van der Waals surface area contributed by atoms with Crippen molar-refractivity contribution in [1.82, 2.24) is 5.32 Å². The molecule has 1 aliphatic rings. The molecular formula is C16H33NO. The van der Waals surface area contributed by atoms with Gasteiger partial charge in [0, 0.05) is 12.0 Å². The van der Waals surface area contributed by atoms with Crippen LogP contribution in [0.5, 0.6) is 0 Å². The monoisotopic (exact) mass is 255 g/mol. The average Bonchev–Trinajstić information content (AvgIpc) is 2.27. The standard InChI is InChI=1S/C16H33NO/c1-13(2)10-17-11-16(4,5)12-18-15-9-7-6-8-14(15)3/h13-15,17H,6-12H2,1-5H3. The third-order valence-electron chi connectivity index (χ3n) is 3.88. The molecule has 0 aromatic carbocycles. The van der Waals surface area contributed by atoms with Crippen molar-refractivity contribution in [3.05, 3.63) is 0 Å². The van der Waals surface area contributed by atoms with E-state index in [0.717, 1.165) is 31.5 Å². The zero-order chi connectivity index (χ0) is 13.6. The summed E-state index contributed by atoms with van der Waals surface area (Å²) in [6.45, 7) is 14.5. The van der Waals surface area contributed by atoms with E-state index in [1.54, 1.807) is 0 Å². The van der Waals surface area contributed by atoms with E-state index in [9.17, 15) is 0 Å². The second-order valence-corrected chi connectivity index (χ2v) is 7.30. The summed E-state index contributed by atoms with van der Waals surface area (Å²) >= 11 is 0. The molecule has 18 heavy (non-hydrogen) atoms. The van der Waals surface area contributed by atoms with Crippen LogP contribution in [-0.4, -0.2) is 25.8 Å². The zero-order valence-electron chi connectivity index (χ0n) is 13.1. The molecule has 1 N–H and O–H groups in total. The Bertz CT molecular complexity index is 225. The van der Waals surface area contributed by atoms with Crippen molar-refractivity contribution in [3.8, 4) is 0 Å². The Morgan fingerprint density at radius 1 is 1.22 bits per heavy atom. The van der Waals surface area contributed by atoms with Gasteiger partial charge < -0.3 is 10.1 Å². The largest absolute Gasteiger partial charge is 0.377 e. The lowest BCUT2D eigenvalue weighted by atomic mass is 9.87. The van der Waals surface area contributed by atoms with E-state index in [-0.39, 0.29) is 5.41 Å². The van der Waals surface area contributed by atoms with E-state index < -0.39 is 0 Å². The van der Waals surface area contributed by atoms with Crippen molar-refractivity contribution in [3.63, 3.8) is 0 Å². The van der Waals surface area contributed by atoms with Crippen LogP contribution < -0.4 is 5.32 Å². The van der Waals surface area contributed by atoms with Crippen LogP contribution in [0.3, 0.4) is 0 Å². The molecule has 2 nitrogen and oxygen atoms in total. The van der Waals surface area contributed by atoms with Crippen molar-refractivity contribution in [1.29, 1.82) is 0 Å². The molecule has 2 atom stereocenters. The van der Waals surface area contributed by atoms with Crippen molar-refractivity contribution in [2.45, 2.75) is 66.4 Å². The van der Waals surface area contributed by atoms with Crippen molar-refractivity contribution in [2.75, 3.05) is 19.7 Å². The maximum atomic E-state index is 6.18. The predicted octanol–water partition coefficient (Wildman–Crippen LogP) is 3.85. The molecule has 0 aromatic rings. The van der Waals surface area contributed by atoms with Gasteiger partial charge in [0.1, 0.15) is 0 Å². The third kappa shape index (κ3) is 6.19. The van der Waals surface area contributed by atoms with Gasteiger partial charge in [-0.3, -0.25) is 0 Å². The smallest absolute Gasteiger partial charge is 0.0600 e. The minimum atomic E-state index is 0.242. The van der Waals surface area contributed by atoms with Crippen molar-refractivity contribution in [2.24, 2.45) is 17.3 Å². The number of nitrogens with one attached hydrogen (secondary N) is 1. The van der Waals surface area contributed by atoms with Gasteiger partial charge in [-0.05, 0) is 31.2 Å². The van der Waals surface area contributed by atoms with Gasteiger partial charge in [-0.15, -0.1) is 0 Å². The highest BCUT2D eigenvalue weighted by Gasteiger charge is 2.25. The first kappa shape index (κ1) is 16.0. The number of hydrogen-bond donors (Lipinski definition) is 1. The number of rotatable bonds is 7. The van der Waals surface area contributed by atoms with Crippen LogP contribution in [0.1, 0.15) is 60.3 Å². The lowest BCUT2D eigenvalue weighted by Gasteiger charge is -2.33. The first-order valence-electron chi connectivity index (χ1n) is 7.73. The molecule has 1 fully saturated rings. The van der Waals surface area contributed by atoms with Gasteiger partial charge in [-0.2, -0.15) is 0 Å². The van der Waals surface area contributed by atoms with Crippen molar-refractivity contribution < 1.29 is 4.74 Å². The molecule has 2 unspecified atom stereocenters. The van der Waals surface area contributed by atoms with E-state index in [2.05, 4.69) is 39.9 Å². The highest BCUT2D eigenvalue weighted by Crippen LogP contribution is 2.28. The number of hydrogen-bond acceptors (Lipinski definition) is 2. The molecule has 1 saturated carbocycles. The molecule has 0 saturated heterocycles. The summed E-state index contributed by atoms with van der Waals surface area (Å²) in [5.74, 6) is 1.47. The maximum Gasteiger partial charge on any atom is 0.0600 e. The second kappa shape index (κ2) is 7.49. The van der Waals surface area contributed by atoms with E-state index in [4.69, 9.17) is 4.74 Å². The highest BCUT2D eigenvalue weighted by molar-refractivity contribution is 4.76. The quantitative estimate of drug-likeness (QED) is 0.746. The van der Waals surface area contributed by atoms with Crippen LogP contribution in [0.15, 0.2) is 0 Å². The maximum absolute atomic E-state index is 6.18. The Labute approximate surface area is 114 Å². The summed E-state index contributed by atoms with van der Waals surface area (Å²) in [7, 11) is 0. The first-order chi connectivity index (χ1) is 8.41. The van der Waals surface area contributed by atoms with E-state index in [1.165, 1.54) is 25.7 Å². The first-order valence-corrected chi connectivity index (χ1v) is 7.73. The fourth-order valence-electron chi connectivity index (χ4n) is 2.61. The van der Waals surface area contributed by atoms with Crippen LogP contribution in [0.2, 0.25) is 0 Å². The van der Waals surface area contributed by atoms with Crippen LogP contribution in [-0.2, 0) is 4.74 Å². The summed E-state index contributed by atoms with van der Waals surface area (Å²) in [6.07, 6.45) is 5.84. The van der Waals surface area contributed by atoms with Gasteiger partial charge in [-0.1, -0.05) is 47.5 Å². The Hall–Kier alpha value is -0.0800. The molecule has 2 heteroatoms. The van der Waals surface area contributed by atoms with Gasteiger partial charge >= 0.3 is 0 Å². The fourth-order valence-corrected chi connectivity index (χ4v) is 2.61. The lowest BCUT2D eigenvalue weighted by Crippen LogP contribution is -2.37. The van der Waals surface area contributed by atoms with Gasteiger partial charge in [0.15, 0.2) is 0 Å². The summed E-state index contributed by atoms with van der Waals surface area (Å²) in [5, 5.41) is 3.54. The molecule has 0 amide bonds. The minimum absolute atomic E-state index is 0.242. The van der Waals surface area contributed by atoms with E-state index >= 15 is 0 Å². The minimum Gasteiger partial charge on any atom is -0.377 e. The van der Waals surface area contributed by atoms with Gasteiger partial charge in [0.25, 0.3) is 0 Å². The molecule has 108 valence electrons. The SMILES string of the molecule is CC(C)CNCC(C)(C)COC1CCCCC1C. The molecule has 0 aliphatic heterocycles. The van der Waals surface area contributed by atoms with Crippen LogP contribution >= 0.6 is 0 Å². The molecule has 0 spiro atoms. The van der Waals surface area contributed by atoms with Crippen LogP contribution in [0, 0.1) is 17.3 Å². The molecular weight excluding hydrogens is 222 g/mol. The Morgan fingerprint density at radius 3 is 2.50 bits per heavy atom. The second-order valence-electron chi connectivity index (χ2n) is 7.30. The zero-order valence-corrected chi connectivity index (χ0v) is 13.1. The van der Waals surface area contributed by atoms with E-state index in [0.29, 0.717) is 6.10 Å². The van der Waals surface area contributed by atoms with Gasteiger partial charge in [0.2, 0.25) is 0 Å². The third-order valence-corrected chi connectivity index (χ3v) is 3.88. The van der Waals surface area contributed by atoms with E-state index in [1.807, 2.05) is 0 Å². The predicted molar refractivity (Wildman–Crippen MR) is 78.9 cm³/mol. The summed E-state index contributed by atoms with van der Waals surface area (Å²) in [5.41, 5.74) is 0.242. The molecule has 0 bridgehead atoms. The molecule has 0 radical (unpaired) electrons. The molecule has 1 aliphatic carbocycles. The fraction of sp³-hybridized carbons (Fsp3) is 1.00. The van der Waals surface area contributed by atoms with Gasteiger partial charge in [-0.25, -0.2) is 0 Å².